The second-order valence-electron chi connectivity index (χ2n) is 5.43. The first-order valence-corrected chi connectivity index (χ1v) is 10.2. The molecule has 27 heavy (non-hydrogen) atoms. The van der Waals surface area contributed by atoms with Crippen LogP contribution in [0.4, 0.5) is 5.13 Å². The number of rotatable bonds is 6. The summed E-state index contributed by atoms with van der Waals surface area (Å²) in [6.07, 6.45) is 2.26. The Morgan fingerprint density at radius 1 is 1.33 bits per heavy atom. The first-order valence-electron chi connectivity index (χ1n) is 7.65. The molecule has 2 heterocycles. The van der Waals surface area contributed by atoms with Crippen molar-refractivity contribution in [3.63, 3.8) is 0 Å². The van der Waals surface area contributed by atoms with Crippen LogP contribution >= 0.6 is 46.3 Å². The van der Waals surface area contributed by atoms with Crippen molar-refractivity contribution in [2.45, 2.75) is 18.5 Å². The van der Waals surface area contributed by atoms with Gasteiger partial charge < -0.3 is 5.32 Å². The number of thioether (sulfide) groups is 1. The minimum absolute atomic E-state index is 0.0721. The van der Waals surface area contributed by atoms with Gasteiger partial charge in [0.2, 0.25) is 5.91 Å². The van der Waals surface area contributed by atoms with E-state index in [1.165, 1.54) is 11.3 Å². The number of benzene rings is 1. The maximum absolute atomic E-state index is 12.1. The number of aryl methyl sites for hydroxylation is 1. The largest absolute Gasteiger partial charge is 0.301 e. The third kappa shape index (κ3) is 5.52. The maximum atomic E-state index is 12.1. The number of aromatic nitrogens is 4. The van der Waals surface area contributed by atoms with Crippen molar-refractivity contribution in [3.05, 3.63) is 60.9 Å². The van der Waals surface area contributed by atoms with Crippen LogP contribution < -0.4 is 10.9 Å². The highest BCUT2D eigenvalue weighted by molar-refractivity contribution is 7.99. The van der Waals surface area contributed by atoms with E-state index in [2.05, 4.69) is 25.5 Å². The SMILES string of the molecule is Cc1nnc(SCC(=O)Nc2ncc(Cc3cc(Cl)ccc3Cl)s2)[nH]c1=O. The summed E-state index contributed by atoms with van der Waals surface area (Å²) in [6, 6.07) is 5.29. The Morgan fingerprint density at radius 3 is 2.93 bits per heavy atom. The molecule has 0 saturated carbocycles. The van der Waals surface area contributed by atoms with E-state index < -0.39 is 0 Å². The van der Waals surface area contributed by atoms with Gasteiger partial charge in [0, 0.05) is 27.5 Å². The highest BCUT2D eigenvalue weighted by Gasteiger charge is 2.11. The van der Waals surface area contributed by atoms with Gasteiger partial charge in [0.25, 0.3) is 5.56 Å². The minimum Gasteiger partial charge on any atom is -0.301 e. The van der Waals surface area contributed by atoms with Crippen LogP contribution in [0.25, 0.3) is 0 Å². The van der Waals surface area contributed by atoms with Gasteiger partial charge >= 0.3 is 0 Å². The molecule has 0 bridgehead atoms. The average Bonchev–Trinajstić information content (AvgIpc) is 3.06. The van der Waals surface area contributed by atoms with Crippen molar-refractivity contribution < 1.29 is 4.79 Å². The van der Waals surface area contributed by atoms with E-state index in [1.807, 2.05) is 6.07 Å². The predicted octanol–water partition coefficient (Wildman–Crippen LogP) is 3.56. The van der Waals surface area contributed by atoms with Crippen molar-refractivity contribution >= 4 is 57.3 Å². The first kappa shape index (κ1) is 19.8. The summed E-state index contributed by atoms with van der Waals surface area (Å²) in [6.45, 7) is 1.56. The highest BCUT2D eigenvalue weighted by Crippen LogP contribution is 2.27. The van der Waals surface area contributed by atoms with Gasteiger partial charge in [-0.2, -0.15) is 0 Å². The first-order chi connectivity index (χ1) is 12.9. The number of amides is 1. The van der Waals surface area contributed by atoms with Crippen LogP contribution in [0.5, 0.6) is 0 Å². The lowest BCUT2D eigenvalue weighted by atomic mass is 10.1. The van der Waals surface area contributed by atoms with Gasteiger partial charge in [0.1, 0.15) is 5.69 Å². The van der Waals surface area contributed by atoms with Gasteiger partial charge in [0.05, 0.1) is 5.75 Å². The van der Waals surface area contributed by atoms with Gasteiger partial charge in [-0.05, 0) is 30.7 Å². The number of nitrogens with zero attached hydrogens (tertiary/aromatic N) is 3. The van der Waals surface area contributed by atoms with Crippen molar-refractivity contribution in [1.82, 2.24) is 20.2 Å². The third-order valence-electron chi connectivity index (χ3n) is 3.35. The van der Waals surface area contributed by atoms with Crippen LogP contribution in [-0.4, -0.2) is 31.8 Å². The van der Waals surface area contributed by atoms with E-state index in [1.54, 1.807) is 25.3 Å². The molecular formula is C16H13Cl2N5O2S2. The number of hydrogen-bond acceptors (Lipinski definition) is 7. The Kier molecular flexibility index (Phi) is 6.48. The molecule has 0 fully saturated rings. The average molecular weight is 442 g/mol. The fraction of sp³-hybridized carbons (Fsp3) is 0.188. The molecule has 0 aliphatic heterocycles. The number of carbonyl (C=O) groups excluding carboxylic acids is 1. The fourth-order valence-corrected chi connectivity index (χ4v) is 3.88. The van der Waals surface area contributed by atoms with E-state index >= 15 is 0 Å². The second-order valence-corrected chi connectivity index (χ2v) is 8.35. The molecular weight excluding hydrogens is 429 g/mol. The lowest BCUT2D eigenvalue weighted by molar-refractivity contribution is -0.113. The van der Waals surface area contributed by atoms with Gasteiger partial charge in [-0.1, -0.05) is 35.0 Å². The molecule has 11 heteroatoms. The maximum Gasteiger partial charge on any atom is 0.273 e. The topological polar surface area (TPSA) is 101 Å². The molecule has 0 spiro atoms. The van der Waals surface area contributed by atoms with Crippen molar-refractivity contribution in [1.29, 1.82) is 0 Å². The summed E-state index contributed by atoms with van der Waals surface area (Å²) in [5, 5.41) is 12.3. The molecule has 0 unspecified atom stereocenters. The van der Waals surface area contributed by atoms with E-state index in [0.29, 0.717) is 21.6 Å². The van der Waals surface area contributed by atoms with Crippen molar-refractivity contribution in [2.75, 3.05) is 11.1 Å². The number of hydrogen-bond donors (Lipinski definition) is 2. The zero-order chi connectivity index (χ0) is 19.4. The Morgan fingerprint density at radius 2 is 2.15 bits per heavy atom. The fourth-order valence-electron chi connectivity index (χ4n) is 2.05. The molecule has 3 aromatic rings. The Hall–Kier alpha value is -1.94. The van der Waals surface area contributed by atoms with Gasteiger partial charge in [-0.25, -0.2) is 4.98 Å². The summed E-state index contributed by atoms with van der Waals surface area (Å²) in [7, 11) is 0. The molecule has 0 radical (unpaired) electrons. The standard InChI is InChI=1S/C16H13Cl2N5O2S2/c1-8-14(25)21-16(23-22-8)26-7-13(24)20-15-19-6-11(27-15)5-9-4-10(17)2-3-12(9)18/h2-4,6H,5,7H2,1H3,(H,19,20,24)(H,21,23,25). The number of halogens is 2. The molecule has 140 valence electrons. The van der Waals surface area contributed by atoms with Crippen molar-refractivity contribution in [2.24, 2.45) is 0 Å². The molecule has 0 saturated heterocycles. The van der Waals surface area contributed by atoms with Crippen molar-refractivity contribution in [3.8, 4) is 0 Å². The van der Waals surface area contributed by atoms with Gasteiger partial charge in [-0.3, -0.25) is 14.6 Å². The molecule has 0 atom stereocenters. The van der Waals surface area contributed by atoms with Crippen LogP contribution in [-0.2, 0) is 11.2 Å². The molecule has 2 aromatic heterocycles. The molecule has 3 rings (SSSR count). The minimum atomic E-state index is -0.322. The van der Waals surface area contributed by atoms with Crippen LogP contribution in [0.15, 0.2) is 34.3 Å². The van der Waals surface area contributed by atoms with E-state index in [-0.39, 0.29) is 28.1 Å². The van der Waals surface area contributed by atoms with Crippen LogP contribution in [0.2, 0.25) is 10.0 Å². The number of anilines is 1. The Labute approximate surface area is 172 Å². The highest BCUT2D eigenvalue weighted by atomic mass is 35.5. The molecule has 7 nitrogen and oxygen atoms in total. The lowest BCUT2D eigenvalue weighted by Gasteiger charge is -2.03. The number of carbonyl (C=O) groups is 1. The number of H-pyrrole nitrogens is 1. The number of thiazole rings is 1. The van der Waals surface area contributed by atoms with Crippen LogP contribution in [0, 0.1) is 6.92 Å². The number of aromatic amines is 1. The van der Waals surface area contributed by atoms with Gasteiger partial charge in [0.15, 0.2) is 10.3 Å². The predicted molar refractivity (Wildman–Crippen MR) is 108 cm³/mol. The summed E-state index contributed by atoms with van der Waals surface area (Å²) in [5.74, 6) is -0.187. The van der Waals surface area contributed by atoms with Crippen LogP contribution in [0.1, 0.15) is 16.1 Å². The molecule has 0 aliphatic carbocycles. The zero-order valence-corrected chi connectivity index (χ0v) is 17.1. The molecule has 0 aliphatic rings. The third-order valence-corrected chi connectivity index (χ3v) is 5.73. The summed E-state index contributed by atoms with van der Waals surface area (Å²) >= 11 is 14.6. The summed E-state index contributed by atoms with van der Waals surface area (Å²) in [5.41, 5.74) is 0.847. The smallest absolute Gasteiger partial charge is 0.273 e. The lowest BCUT2D eigenvalue weighted by Crippen LogP contribution is -2.17. The Bertz CT molecular complexity index is 1040. The van der Waals surface area contributed by atoms with E-state index in [9.17, 15) is 9.59 Å². The van der Waals surface area contributed by atoms with Crippen LogP contribution in [0.3, 0.4) is 0 Å². The molecule has 2 N–H and O–H groups in total. The zero-order valence-electron chi connectivity index (χ0n) is 14.0. The molecule has 1 amide bonds. The van der Waals surface area contributed by atoms with E-state index in [4.69, 9.17) is 23.2 Å². The van der Waals surface area contributed by atoms with E-state index in [0.717, 1.165) is 22.2 Å². The van der Waals surface area contributed by atoms with Gasteiger partial charge in [-0.15, -0.1) is 21.5 Å². The second kappa shape index (κ2) is 8.83. The monoisotopic (exact) mass is 441 g/mol. The normalized spacial score (nSPS) is 10.8. The Balaban J connectivity index is 1.56. The molecule has 1 aromatic carbocycles. The quantitative estimate of drug-likeness (QED) is 0.567. The summed E-state index contributed by atoms with van der Waals surface area (Å²) in [4.78, 5) is 31.2. The number of nitrogens with one attached hydrogen (secondary N) is 2. The summed E-state index contributed by atoms with van der Waals surface area (Å²) < 4.78 is 0.